The standard InChI is InChI=1S/C14H19N5/c1-2-13-17-6-7-19(13)14-10-16-9-12(18-14)11-4-3-5-15-8-11/h6-7,9-11,15H,2-5,8H2,1H3/t11-/m1/s1. The summed E-state index contributed by atoms with van der Waals surface area (Å²) >= 11 is 0. The van der Waals surface area contributed by atoms with Crippen LogP contribution in [0.2, 0.25) is 0 Å². The minimum atomic E-state index is 0.481. The third kappa shape index (κ3) is 2.51. The quantitative estimate of drug-likeness (QED) is 0.909. The molecule has 1 saturated heterocycles. The predicted octanol–water partition coefficient (Wildman–Crippen LogP) is 1.69. The van der Waals surface area contributed by atoms with Crippen molar-refractivity contribution in [3.05, 3.63) is 36.3 Å². The van der Waals surface area contributed by atoms with Gasteiger partial charge in [0, 0.05) is 37.5 Å². The largest absolute Gasteiger partial charge is 0.316 e. The maximum Gasteiger partial charge on any atom is 0.156 e. The Balaban J connectivity index is 1.91. The molecule has 3 rings (SSSR count). The van der Waals surface area contributed by atoms with E-state index >= 15 is 0 Å². The summed E-state index contributed by atoms with van der Waals surface area (Å²) < 4.78 is 2.02. The highest BCUT2D eigenvalue weighted by Gasteiger charge is 2.17. The summed E-state index contributed by atoms with van der Waals surface area (Å²) in [4.78, 5) is 13.5. The SMILES string of the molecule is CCc1nccn1-c1cncc([C@@H]2CCCNC2)n1. The first-order valence-corrected chi connectivity index (χ1v) is 6.93. The number of piperidine rings is 1. The maximum absolute atomic E-state index is 4.77. The van der Waals surface area contributed by atoms with E-state index < -0.39 is 0 Å². The number of nitrogens with one attached hydrogen (secondary N) is 1. The van der Waals surface area contributed by atoms with Crippen LogP contribution in [-0.4, -0.2) is 32.6 Å². The van der Waals surface area contributed by atoms with Crippen molar-refractivity contribution in [2.45, 2.75) is 32.1 Å². The van der Waals surface area contributed by atoms with Crippen molar-refractivity contribution < 1.29 is 0 Å². The molecule has 5 nitrogen and oxygen atoms in total. The van der Waals surface area contributed by atoms with Crippen LogP contribution in [0.5, 0.6) is 0 Å². The third-order valence-corrected chi connectivity index (χ3v) is 3.64. The van der Waals surface area contributed by atoms with Gasteiger partial charge in [-0.1, -0.05) is 6.92 Å². The molecule has 0 spiro atoms. The average molecular weight is 257 g/mol. The molecule has 1 fully saturated rings. The van der Waals surface area contributed by atoms with E-state index in [2.05, 4.69) is 22.2 Å². The van der Waals surface area contributed by atoms with Gasteiger partial charge in [0.25, 0.3) is 0 Å². The molecule has 19 heavy (non-hydrogen) atoms. The summed E-state index contributed by atoms with van der Waals surface area (Å²) in [7, 11) is 0. The zero-order valence-electron chi connectivity index (χ0n) is 11.2. The third-order valence-electron chi connectivity index (χ3n) is 3.64. The van der Waals surface area contributed by atoms with E-state index in [9.17, 15) is 0 Å². The highest BCUT2D eigenvalue weighted by molar-refractivity contribution is 5.24. The predicted molar refractivity (Wildman–Crippen MR) is 73.4 cm³/mol. The molecule has 2 aromatic rings. The van der Waals surface area contributed by atoms with Crippen LogP contribution in [0.3, 0.4) is 0 Å². The molecule has 0 aliphatic carbocycles. The van der Waals surface area contributed by atoms with Crippen LogP contribution in [0.15, 0.2) is 24.8 Å². The van der Waals surface area contributed by atoms with Gasteiger partial charge in [-0.2, -0.15) is 0 Å². The fraction of sp³-hybridized carbons (Fsp3) is 0.500. The zero-order chi connectivity index (χ0) is 13.1. The first-order chi connectivity index (χ1) is 9.38. The highest BCUT2D eigenvalue weighted by atomic mass is 15.1. The minimum absolute atomic E-state index is 0.481. The Labute approximate surface area is 113 Å². The first-order valence-electron chi connectivity index (χ1n) is 6.93. The number of nitrogens with zero attached hydrogens (tertiary/aromatic N) is 4. The summed E-state index contributed by atoms with van der Waals surface area (Å²) in [5, 5.41) is 3.42. The molecule has 1 aliphatic heterocycles. The molecule has 3 heterocycles. The van der Waals surface area contributed by atoms with E-state index in [0.29, 0.717) is 5.92 Å². The van der Waals surface area contributed by atoms with Gasteiger partial charge in [-0.3, -0.25) is 9.55 Å². The van der Waals surface area contributed by atoms with E-state index in [4.69, 9.17) is 4.98 Å². The van der Waals surface area contributed by atoms with E-state index in [1.807, 2.05) is 23.2 Å². The van der Waals surface area contributed by atoms with E-state index in [1.54, 1.807) is 6.20 Å². The number of imidazole rings is 1. The molecule has 0 aromatic carbocycles. The van der Waals surface area contributed by atoms with Gasteiger partial charge in [0.05, 0.1) is 11.9 Å². The van der Waals surface area contributed by atoms with E-state index in [-0.39, 0.29) is 0 Å². The lowest BCUT2D eigenvalue weighted by Gasteiger charge is -2.22. The molecule has 0 bridgehead atoms. The lowest BCUT2D eigenvalue weighted by molar-refractivity contribution is 0.453. The number of rotatable bonds is 3. The summed E-state index contributed by atoms with van der Waals surface area (Å²) in [6, 6.07) is 0. The second-order valence-corrected chi connectivity index (χ2v) is 4.91. The molecular formula is C14H19N5. The molecule has 0 saturated carbocycles. The molecule has 0 amide bonds. The van der Waals surface area contributed by atoms with Gasteiger partial charge >= 0.3 is 0 Å². The topological polar surface area (TPSA) is 55.6 Å². The number of hydrogen-bond acceptors (Lipinski definition) is 4. The van der Waals surface area contributed by atoms with Crippen LogP contribution in [0, 0.1) is 0 Å². The molecule has 0 radical (unpaired) electrons. The minimum Gasteiger partial charge on any atom is -0.316 e. The van der Waals surface area contributed by atoms with Gasteiger partial charge in [0.15, 0.2) is 5.82 Å². The van der Waals surface area contributed by atoms with Crippen molar-refractivity contribution in [2.75, 3.05) is 13.1 Å². The van der Waals surface area contributed by atoms with Crippen LogP contribution >= 0.6 is 0 Å². The van der Waals surface area contributed by atoms with Crippen molar-refractivity contribution in [2.24, 2.45) is 0 Å². The molecule has 100 valence electrons. The number of hydrogen-bond donors (Lipinski definition) is 1. The van der Waals surface area contributed by atoms with Crippen LogP contribution in [0.1, 0.15) is 37.2 Å². The van der Waals surface area contributed by atoms with Gasteiger partial charge in [-0.25, -0.2) is 9.97 Å². The smallest absolute Gasteiger partial charge is 0.156 e. The summed E-state index contributed by atoms with van der Waals surface area (Å²) in [6.07, 6.45) is 10.8. The van der Waals surface area contributed by atoms with Crippen LogP contribution < -0.4 is 5.32 Å². The Bertz CT molecular complexity index is 542. The molecule has 5 heteroatoms. The Morgan fingerprint density at radius 2 is 2.37 bits per heavy atom. The summed E-state index contributed by atoms with van der Waals surface area (Å²) in [5.74, 6) is 2.38. The lowest BCUT2D eigenvalue weighted by atomic mass is 9.96. The maximum atomic E-state index is 4.77. The van der Waals surface area contributed by atoms with E-state index in [0.717, 1.165) is 36.8 Å². The number of aromatic nitrogens is 4. The molecule has 1 aliphatic rings. The molecule has 0 unspecified atom stereocenters. The summed E-state index contributed by atoms with van der Waals surface area (Å²) in [5.41, 5.74) is 1.08. The Morgan fingerprint density at radius 1 is 1.42 bits per heavy atom. The molecule has 2 aromatic heterocycles. The van der Waals surface area contributed by atoms with Gasteiger partial charge in [0.2, 0.25) is 0 Å². The first kappa shape index (κ1) is 12.3. The highest BCUT2D eigenvalue weighted by Crippen LogP contribution is 2.21. The van der Waals surface area contributed by atoms with Crippen molar-refractivity contribution in [3.8, 4) is 5.82 Å². The fourth-order valence-corrected chi connectivity index (χ4v) is 2.59. The second kappa shape index (κ2) is 5.48. The number of aryl methyl sites for hydroxylation is 1. The Morgan fingerprint density at radius 3 is 3.16 bits per heavy atom. The van der Waals surface area contributed by atoms with Crippen LogP contribution in [-0.2, 0) is 6.42 Å². The van der Waals surface area contributed by atoms with Crippen molar-refractivity contribution in [1.29, 1.82) is 0 Å². The van der Waals surface area contributed by atoms with Gasteiger partial charge in [0.1, 0.15) is 5.82 Å². The molecule has 1 atom stereocenters. The Hall–Kier alpha value is -1.75. The van der Waals surface area contributed by atoms with Crippen molar-refractivity contribution in [1.82, 2.24) is 24.8 Å². The van der Waals surface area contributed by atoms with Crippen LogP contribution in [0.25, 0.3) is 5.82 Å². The summed E-state index contributed by atoms with van der Waals surface area (Å²) in [6.45, 7) is 4.22. The monoisotopic (exact) mass is 257 g/mol. The zero-order valence-corrected chi connectivity index (χ0v) is 11.2. The molecule has 1 N–H and O–H groups in total. The normalized spacial score (nSPS) is 19.5. The van der Waals surface area contributed by atoms with Gasteiger partial charge in [-0.15, -0.1) is 0 Å². The van der Waals surface area contributed by atoms with Crippen molar-refractivity contribution >= 4 is 0 Å². The second-order valence-electron chi connectivity index (χ2n) is 4.91. The average Bonchev–Trinajstić information content (AvgIpc) is 2.97. The molecular weight excluding hydrogens is 238 g/mol. The lowest BCUT2D eigenvalue weighted by Crippen LogP contribution is -2.29. The van der Waals surface area contributed by atoms with Crippen molar-refractivity contribution in [3.63, 3.8) is 0 Å². The van der Waals surface area contributed by atoms with Crippen LogP contribution in [0.4, 0.5) is 0 Å². The Kier molecular flexibility index (Phi) is 3.55. The van der Waals surface area contributed by atoms with E-state index in [1.165, 1.54) is 12.8 Å². The fourth-order valence-electron chi connectivity index (χ4n) is 2.59. The van der Waals surface area contributed by atoms with Gasteiger partial charge < -0.3 is 5.32 Å². The van der Waals surface area contributed by atoms with Gasteiger partial charge in [-0.05, 0) is 19.4 Å².